The molecule has 4 heteroatoms. The Hall–Kier alpha value is -0.870. The summed E-state index contributed by atoms with van der Waals surface area (Å²) >= 11 is 3.28. The fourth-order valence-corrected chi connectivity index (χ4v) is 1.44. The fourth-order valence-electron chi connectivity index (χ4n) is 1.10. The molecule has 0 fully saturated rings. The van der Waals surface area contributed by atoms with Crippen LogP contribution < -0.4 is 4.74 Å². The first kappa shape index (κ1) is 12.2. The molecule has 1 rings (SSSR count). The van der Waals surface area contributed by atoms with Crippen LogP contribution in [-0.2, 0) is 4.74 Å². The number of carbonyl (C=O) groups is 1. The zero-order chi connectivity index (χ0) is 11.1. The number of benzene rings is 1. The lowest BCUT2D eigenvalue weighted by atomic mass is 10.2. The van der Waals surface area contributed by atoms with Crippen LogP contribution in [-0.4, -0.2) is 26.6 Å². The molecule has 0 heterocycles. The van der Waals surface area contributed by atoms with Crippen molar-refractivity contribution in [2.45, 2.75) is 6.42 Å². The van der Waals surface area contributed by atoms with Gasteiger partial charge in [-0.3, -0.25) is 4.79 Å². The molecule has 0 saturated carbocycles. The number of ether oxygens (including phenoxy) is 2. The van der Waals surface area contributed by atoms with E-state index in [9.17, 15) is 4.79 Å². The molecule has 0 aliphatic carbocycles. The Morgan fingerprint density at radius 3 is 2.87 bits per heavy atom. The molecule has 0 saturated heterocycles. The van der Waals surface area contributed by atoms with Gasteiger partial charge in [0, 0.05) is 30.2 Å². The third kappa shape index (κ3) is 4.01. The molecule has 0 aliphatic heterocycles. The number of carbonyl (C=O) groups excluding carboxylic acids is 1. The first-order valence-corrected chi connectivity index (χ1v) is 5.43. The Balaban J connectivity index is 2.51. The third-order valence-corrected chi connectivity index (χ3v) is 2.58. The van der Waals surface area contributed by atoms with Crippen molar-refractivity contribution in [3.05, 3.63) is 28.2 Å². The Labute approximate surface area is 97.5 Å². The third-order valence-electron chi connectivity index (χ3n) is 1.86. The summed E-state index contributed by atoms with van der Waals surface area (Å²) in [7, 11) is 1.66. The van der Waals surface area contributed by atoms with Gasteiger partial charge in [0.2, 0.25) is 0 Å². The molecule has 0 radical (unpaired) electrons. The normalized spacial score (nSPS) is 10.0. The molecule has 0 atom stereocenters. The molecular weight excluding hydrogens is 260 g/mol. The van der Waals surface area contributed by atoms with Crippen molar-refractivity contribution >= 4 is 22.2 Å². The van der Waals surface area contributed by atoms with Crippen LogP contribution in [0.3, 0.4) is 0 Å². The molecular formula is C11H13BrO3. The van der Waals surface area contributed by atoms with E-state index in [4.69, 9.17) is 9.47 Å². The predicted molar refractivity (Wildman–Crippen MR) is 61.5 cm³/mol. The standard InChI is InChI=1S/C11H13BrO3/c1-14-5-2-6-15-10-3-4-11(12)9(7-10)8-13/h3-4,7-8H,2,5-6H2,1H3. The van der Waals surface area contributed by atoms with Crippen molar-refractivity contribution in [3.8, 4) is 5.75 Å². The lowest BCUT2D eigenvalue weighted by Crippen LogP contribution is -2.01. The number of rotatable bonds is 6. The number of aldehydes is 1. The number of methoxy groups -OCH3 is 1. The number of hydrogen-bond donors (Lipinski definition) is 0. The Morgan fingerprint density at radius 1 is 1.40 bits per heavy atom. The molecule has 3 nitrogen and oxygen atoms in total. The highest BCUT2D eigenvalue weighted by Crippen LogP contribution is 2.21. The maximum atomic E-state index is 10.7. The highest BCUT2D eigenvalue weighted by atomic mass is 79.9. The summed E-state index contributed by atoms with van der Waals surface area (Å²) in [5, 5.41) is 0. The largest absolute Gasteiger partial charge is 0.493 e. The van der Waals surface area contributed by atoms with Gasteiger partial charge in [0.1, 0.15) is 5.75 Å². The summed E-state index contributed by atoms with van der Waals surface area (Å²) in [6.45, 7) is 1.27. The molecule has 1 aromatic rings. The van der Waals surface area contributed by atoms with Gasteiger partial charge in [0.05, 0.1) is 6.61 Å². The van der Waals surface area contributed by atoms with Crippen molar-refractivity contribution in [3.63, 3.8) is 0 Å². The Kier molecular flexibility index (Phi) is 5.36. The molecule has 0 amide bonds. The quantitative estimate of drug-likeness (QED) is 0.590. The predicted octanol–water partition coefficient (Wildman–Crippen LogP) is 2.68. The smallest absolute Gasteiger partial charge is 0.151 e. The summed E-state index contributed by atoms with van der Waals surface area (Å²) in [5.41, 5.74) is 0.597. The van der Waals surface area contributed by atoms with E-state index in [2.05, 4.69) is 15.9 Å². The zero-order valence-corrected chi connectivity index (χ0v) is 10.1. The van der Waals surface area contributed by atoms with Gasteiger partial charge in [0.15, 0.2) is 6.29 Å². The first-order chi connectivity index (χ1) is 7.27. The number of hydrogen-bond acceptors (Lipinski definition) is 3. The van der Waals surface area contributed by atoms with Gasteiger partial charge in [-0.05, 0) is 18.2 Å². The molecule has 1 aromatic carbocycles. The van der Waals surface area contributed by atoms with Crippen LogP contribution in [0, 0.1) is 0 Å². The minimum Gasteiger partial charge on any atom is -0.493 e. The summed E-state index contributed by atoms with van der Waals surface area (Å²) in [5.74, 6) is 0.705. The van der Waals surface area contributed by atoms with Crippen molar-refractivity contribution in [1.29, 1.82) is 0 Å². The van der Waals surface area contributed by atoms with E-state index < -0.39 is 0 Å². The van der Waals surface area contributed by atoms with Crippen LogP contribution in [0.1, 0.15) is 16.8 Å². The SMILES string of the molecule is COCCCOc1ccc(Br)c(C=O)c1. The molecule has 15 heavy (non-hydrogen) atoms. The monoisotopic (exact) mass is 272 g/mol. The first-order valence-electron chi connectivity index (χ1n) is 4.64. The molecule has 0 N–H and O–H groups in total. The van der Waals surface area contributed by atoms with E-state index in [1.165, 1.54) is 0 Å². The van der Waals surface area contributed by atoms with E-state index in [1.807, 2.05) is 6.07 Å². The van der Waals surface area contributed by atoms with E-state index in [-0.39, 0.29) is 0 Å². The molecule has 0 spiro atoms. The van der Waals surface area contributed by atoms with E-state index >= 15 is 0 Å². The molecule has 0 unspecified atom stereocenters. The summed E-state index contributed by atoms with van der Waals surface area (Å²) < 4.78 is 11.1. The second-order valence-corrected chi connectivity index (χ2v) is 3.85. The Morgan fingerprint density at radius 2 is 2.20 bits per heavy atom. The van der Waals surface area contributed by atoms with E-state index in [0.29, 0.717) is 24.5 Å². The maximum absolute atomic E-state index is 10.7. The maximum Gasteiger partial charge on any atom is 0.151 e. The second-order valence-electron chi connectivity index (χ2n) is 3.00. The van der Waals surface area contributed by atoms with Crippen LogP contribution in [0.4, 0.5) is 0 Å². The van der Waals surface area contributed by atoms with E-state index in [0.717, 1.165) is 17.2 Å². The Bertz CT molecular complexity index is 326. The van der Waals surface area contributed by atoms with Gasteiger partial charge in [0.25, 0.3) is 0 Å². The molecule has 0 aromatic heterocycles. The minimum atomic E-state index is 0.591. The molecule has 82 valence electrons. The van der Waals surface area contributed by atoms with Gasteiger partial charge in [-0.1, -0.05) is 15.9 Å². The second kappa shape index (κ2) is 6.58. The summed E-state index contributed by atoms with van der Waals surface area (Å²) in [6.07, 6.45) is 1.63. The highest BCUT2D eigenvalue weighted by Gasteiger charge is 2.00. The molecule has 0 aliphatic rings. The van der Waals surface area contributed by atoms with Gasteiger partial charge in [-0.25, -0.2) is 0 Å². The van der Waals surface area contributed by atoms with E-state index in [1.54, 1.807) is 19.2 Å². The summed E-state index contributed by atoms with van der Waals surface area (Å²) in [6, 6.07) is 5.34. The molecule has 0 bridgehead atoms. The average Bonchev–Trinajstić information content (AvgIpc) is 2.26. The lowest BCUT2D eigenvalue weighted by Gasteiger charge is -2.06. The highest BCUT2D eigenvalue weighted by molar-refractivity contribution is 9.10. The van der Waals surface area contributed by atoms with Crippen molar-refractivity contribution in [2.75, 3.05) is 20.3 Å². The summed E-state index contributed by atoms with van der Waals surface area (Å²) in [4.78, 5) is 10.7. The van der Waals surface area contributed by atoms with Crippen LogP contribution in [0.5, 0.6) is 5.75 Å². The van der Waals surface area contributed by atoms with Gasteiger partial charge >= 0.3 is 0 Å². The zero-order valence-electron chi connectivity index (χ0n) is 8.53. The lowest BCUT2D eigenvalue weighted by molar-refractivity contribution is 0.112. The van der Waals surface area contributed by atoms with Crippen molar-refractivity contribution in [2.24, 2.45) is 0 Å². The minimum absolute atomic E-state index is 0.591. The van der Waals surface area contributed by atoms with Crippen LogP contribution in [0.25, 0.3) is 0 Å². The van der Waals surface area contributed by atoms with Crippen LogP contribution >= 0.6 is 15.9 Å². The number of halogens is 1. The van der Waals surface area contributed by atoms with Crippen molar-refractivity contribution < 1.29 is 14.3 Å². The van der Waals surface area contributed by atoms with Gasteiger partial charge < -0.3 is 9.47 Å². The van der Waals surface area contributed by atoms with Gasteiger partial charge in [-0.15, -0.1) is 0 Å². The van der Waals surface area contributed by atoms with Crippen molar-refractivity contribution in [1.82, 2.24) is 0 Å². The topological polar surface area (TPSA) is 35.5 Å². The van der Waals surface area contributed by atoms with Crippen LogP contribution in [0.2, 0.25) is 0 Å². The average molecular weight is 273 g/mol. The van der Waals surface area contributed by atoms with Crippen LogP contribution in [0.15, 0.2) is 22.7 Å². The fraction of sp³-hybridized carbons (Fsp3) is 0.364. The van der Waals surface area contributed by atoms with Gasteiger partial charge in [-0.2, -0.15) is 0 Å².